The molecule has 0 bridgehead atoms. The van der Waals surface area contributed by atoms with Gasteiger partial charge in [-0.25, -0.2) is 0 Å². The van der Waals surface area contributed by atoms with E-state index < -0.39 is 6.10 Å². The maximum absolute atomic E-state index is 12.0. The highest BCUT2D eigenvalue weighted by Gasteiger charge is 2.13. The second-order valence-electron chi connectivity index (χ2n) is 5.59. The topological polar surface area (TPSA) is 87.2 Å². The number of rotatable bonds is 7. The minimum atomic E-state index is -0.781. The van der Waals surface area contributed by atoms with E-state index in [4.69, 9.17) is 4.74 Å². The molecule has 0 radical (unpaired) electrons. The molecular formula is C17H23N3O3. The summed E-state index contributed by atoms with van der Waals surface area (Å²) >= 11 is 0. The van der Waals surface area contributed by atoms with Crippen molar-refractivity contribution in [1.82, 2.24) is 15.5 Å². The number of hydrogen-bond acceptors (Lipinski definition) is 4. The molecule has 0 aliphatic carbocycles. The van der Waals surface area contributed by atoms with Gasteiger partial charge in [0.2, 0.25) is 0 Å². The van der Waals surface area contributed by atoms with Gasteiger partial charge in [-0.1, -0.05) is 19.1 Å². The smallest absolute Gasteiger partial charge is 0.271 e. The Morgan fingerprint density at radius 3 is 2.61 bits per heavy atom. The molecule has 1 amide bonds. The van der Waals surface area contributed by atoms with Crippen molar-refractivity contribution in [3.63, 3.8) is 0 Å². The average Bonchev–Trinajstić information content (AvgIpc) is 3.01. The molecule has 6 nitrogen and oxygen atoms in total. The number of nitrogens with one attached hydrogen (secondary N) is 2. The Balaban J connectivity index is 1.88. The maximum Gasteiger partial charge on any atom is 0.271 e. The van der Waals surface area contributed by atoms with Gasteiger partial charge in [-0.05, 0) is 44.0 Å². The number of H-pyrrole nitrogens is 1. The number of aliphatic hydroxyl groups is 1. The monoisotopic (exact) mass is 317 g/mol. The molecule has 0 aliphatic heterocycles. The largest absolute Gasteiger partial charge is 0.491 e. The van der Waals surface area contributed by atoms with Crippen molar-refractivity contribution < 1.29 is 14.6 Å². The van der Waals surface area contributed by atoms with E-state index >= 15 is 0 Å². The summed E-state index contributed by atoms with van der Waals surface area (Å²) in [6.45, 7) is 6.01. The van der Waals surface area contributed by atoms with E-state index in [-0.39, 0.29) is 18.6 Å². The molecule has 0 saturated heterocycles. The minimum Gasteiger partial charge on any atom is -0.491 e. The van der Waals surface area contributed by atoms with Gasteiger partial charge < -0.3 is 15.2 Å². The lowest BCUT2D eigenvalue weighted by atomic mass is 10.1. The Labute approximate surface area is 135 Å². The number of ether oxygens (including phenoxy) is 1. The van der Waals surface area contributed by atoms with Crippen molar-refractivity contribution in [2.75, 3.05) is 6.54 Å². The lowest BCUT2D eigenvalue weighted by Crippen LogP contribution is -2.28. The first-order valence-electron chi connectivity index (χ1n) is 7.76. The first-order valence-corrected chi connectivity index (χ1v) is 7.76. The summed E-state index contributed by atoms with van der Waals surface area (Å²) in [4.78, 5) is 12.0. The van der Waals surface area contributed by atoms with Crippen LogP contribution in [-0.4, -0.2) is 33.9 Å². The number of amides is 1. The summed E-state index contributed by atoms with van der Waals surface area (Å²) in [5.41, 5.74) is 1.95. The van der Waals surface area contributed by atoms with E-state index in [0.717, 1.165) is 23.4 Å². The predicted molar refractivity (Wildman–Crippen MR) is 87.5 cm³/mol. The molecule has 2 rings (SSSR count). The maximum atomic E-state index is 12.0. The van der Waals surface area contributed by atoms with Crippen molar-refractivity contribution in [1.29, 1.82) is 0 Å². The summed E-state index contributed by atoms with van der Waals surface area (Å²) in [5, 5.41) is 19.6. The van der Waals surface area contributed by atoms with Gasteiger partial charge in [0.05, 0.1) is 12.2 Å². The van der Waals surface area contributed by atoms with Crippen molar-refractivity contribution in [2.24, 2.45) is 0 Å². The number of hydrogen-bond donors (Lipinski definition) is 3. The molecule has 0 aliphatic rings. The summed E-state index contributed by atoms with van der Waals surface area (Å²) in [6, 6.07) is 8.90. The van der Waals surface area contributed by atoms with Gasteiger partial charge in [0, 0.05) is 12.2 Å². The Hall–Kier alpha value is -2.34. The van der Waals surface area contributed by atoms with Crippen LogP contribution in [0.2, 0.25) is 0 Å². The van der Waals surface area contributed by atoms with Gasteiger partial charge >= 0.3 is 0 Å². The lowest BCUT2D eigenvalue weighted by molar-refractivity contribution is 0.0911. The van der Waals surface area contributed by atoms with Crippen LogP contribution in [0.4, 0.5) is 0 Å². The van der Waals surface area contributed by atoms with Crippen LogP contribution in [0.5, 0.6) is 5.75 Å². The molecular weight excluding hydrogens is 294 g/mol. The van der Waals surface area contributed by atoms with Crippen LogP contribution < -0.4 is 10.1 Å². The number of aromatic amines is 1. The number of benzene rings is 1. The highest BCUT2D eigenvalue weighted by molar-refractivity contribution is 5.92. The highest BCUT2D eigenvalue weighted by atomic mass is 16.5. The molecule has 23 heavy (non-hydrogen) atoms. The van der Waals surface area contributed by atoms with Crippen molar-refractivity contribution in [3.05, 3.63) is 47.3 Å². The zero-order valence-corrected chi connectivity index (χ0v) is 13.7. The SMILES string of the molecule is CCc1cc(C(=O)NCC(O)c2ccc(OC(C)C)cc2)n[nH]1. The number of nitrogens with zero attached hydrogens (tertiary/aromatic N) is 1. The molecule has 2 aromatic rings. The molecule has 3 N–H and O–H groups in total. The lowest BCUT2D eigenvalue weighted by Gasteiger charge is -2.14. The van der Waals surface area contributed by atoms with Crippen LogP contribution in [0.25, 0.3) is 0 Å². The van der Waals surface area contributed by atoms with Crippen LogP contribution in [0, 0.1) is 0 Å². The summed E-state index contributed by atoms with van der Waals surface area (Å²) in [6.07, 6.45) is 0.108. The Morgan fingerprint density at radius 2 is 2.04 bits per heavy atom. The minimum absolute atomic E-state index is 0.104. The Bertz CT molecular complexity index is 635. The van der Waals surface area contributed by atoms with Crippen LogP contribution in [-0.2, 0) is 6.42 Å². The van der Waals surface area contributed by atoms with Crippen LogP contribution in [0.15, 0.2) is 30.3 Å². The van der Waals surface area contributed by atoms with Gasteiger partial charge in [-0.2, -0.15) is 5.10 Å². The summed E-state index contributed by atoms with van der Waals surface area (Å²) < 4.78 is 5.55. The van der Waals surface area contributed by atoms with Crippen LogP contribution >= 0.6 is 0 Å². The predicted octanol–water partition coefficient (Wildman–Crippen LogP) is 2.22. The third-order valence-electron chi connectivity index (χ3n) is 3.34. The molecule has 0 saturated carbocycles. The molecule has 1 unspecified atom stereocenters. The molecule has 0 fully saturated rings. The van der Waals surface area contributed by atoms with Gasteiger partial charge in [0.25, 0.3) is 5.91 Å². The fourth-order valence-electron chi connectivity index (χ4n) is 2.10. The summed E-state index contributed by atoms with van der Waals surface area (Å²) in [5.74, 6) is 0.448. The molecule has 1 aromatic heterocycles. The molecule has 1 heterocycles. The van der Waals surface area contributed by atoms with Crippen molar-refractivity contribution in [3.8, 4) is 5.75 Å². The van der Waals surface area contributed by atoms with Gasteiger partial charge in [0.15, 0.2) is 0 Å². The molecule has 1 atom stereocenters. The van der Waals surface area contributed by atoms with Crippen LogP contribution in [0.1, 0.15) is 48.6 Å². The second-order valence-corrected chi connectivity index (χ2v) is 5.59. The number of carbonyl (C=O) groups is 1. The van der Waals surface area contributed by atoms with E-state index in [9.17, 15) is 9.90 Å². The molecule has 6 heteroatoms. The Kier molecular flexibility index (Phi) is 5.76. The number of aliphatic hydroxyl groups excluding tert-OH is 1. The summed E-state index contributed by atoms with van der Waals surface area (Å²) in [7, 11) is 0. The second kappa shape index (κ2) is 7.78. The third-order valence-corrected chi connectivity index (χ3v) is 3.34. The number of carbonyl (C=O) groups excluding carboxylic acids is 1. The Morgan fingerprint density at radius 1 is 1.35 bits per heavy atom. The number of aromatic nitrogens is 2. The quantitative estimate of drug-likeness (QED) is 0.731. The van der Waals surface area contributed by atoms with E-state index in [1.54, 1.807) is 18.2 Å². The zero-order valence-electron chi connectivity index (χ0n) is 13.7. The van der Waals surface area contributed by atoms with Gasteiger partial charge in [-0.3, -0.25) is 9.89 Å². The van der Waals surface area contributed by atoms with Crippen molar-refractivity contribution >= 4 is 5.91 Å². The van der Waals surface area contributed by atoms with Gasteiger partial charge in [0.1, 0.15) is 11.4 Å². The molecule has 124 valence electrons. The molecule has 1 aromatic carbocycles. The fraction of sp³-hybridized carbons (Fsp3) is 0.412. The standard InChI is InChI=1S/C17H23N3O3/c1-4-13-9-15(20-19-13)17(22)18-10-16(21)12-5-7-14(8-6-12)23-11(2)3/h5-9,11,16,21H,4,10H2,1-3H3,(H,18,22)(H,19,20). The zero-order chi connectivity index (χ0) is 16.8. The van der Waals surface area contributed by atoms with E-state index in [1.165, 1.54) is 0 Å². The first-order chi connectivity index (χ1) is 11.0. The van der Waals surface area contributed by atoms with Crippen molar-refractivity contribution in [2.45, 2.75) is 39.4 Å². The first kappa shape index (κ1) is 17.0. The highest BCUT2D eigenvalue weighted by Crippen LogP contribution is 2.18. The third kappa shape index (κ3) is 4.82. The number of aryl methyl sites for hydroxylation is 1. The van der Waals surface area contributed by atoms with Crippen LogP contribution in [0.3, 0.4) is 0 Å². The van der Waals surface area contributed by atoms with E-state index in [0.29, 0.717) is 5.69 Å². The van der Waals surface area contributed by atoms with Gasteiger partial charge in [-0.15, -0.1) is 0 Å². The average molecular weight is 317 g/mol. The fourth-order valence-corrected chi connectivity index (χ4v) is 2.10. The normalized spacial score (nSPS) is 12.2. The van der Waals surface area contributed by atoms with E-state index in [2.05, 4.69) is 15.5 Å². The molecule has 0 spiro atoms. The van der Waals surface area contributed by atoms with E-state index in [1.807, 2.05) is 32.9 Å².